The lowest BCUT2D eigenvalue weighted by atomic mass is 10.1. The van der Waals surface area contributed by atoms with Crippen LogP contribution in [0.25, 0.3) is 10.9 Å². The van der Waals surface area contributed by atoms with E-state index in [0.717, 1.165) is 0 Å². The lowest BCUT2D eigenvalue weighted by Crippen LogP contribution is -2.46. The number of carbonyl (C=O) groups excluding carboxylic acids is 1. The van der Waals surface area contributed by atoms with E-state index in [-0.39, 0.29) is 23.5 Å². The van der Waals surface area contributed by atoms with Gasteiger partial charge in [-0.1, -0.05) is 0 Å². The normalized spacial score (nSPS) is 17.2. The van der Waals surface area contributed by atoms with Gasteiger partial charge in [-0.2, -0.15) is 0 Å². The van der Waals surface area contributed by atoms with E-state index in [1.165, 1.54) is 16.4 Å². The zero-order valence-corrected chi connectivity index (χ0v) is 14.2. The van der Waals surface area contributed by atoms with Crippen molar-refractivity contribution in [2.75, 3.05) is 18.8 Å². The van der Waals surface area contributed by atoms with Gasteiger partial charge in [-0.25, -0.2) is 17.1 Å². The van der Waals surface area contributed by atoms with Crippen LogP contribution in [-0.4, -0.2) is 48.5 Å². The second kappa shape index (κ2) is 6.52. The Kier molecular flexibility index (Phi) is 4.60. The summed E-state index contributed by atoms with van der Waals surface area (Å²) in [6.07, 6.45) is 1.17. The van der Waals surface area contributed by atoms with Crippen LogP contribution in [-0.2, 0) is 10.0 Å². The van der Waals surface area contributed by atoms with Crippen molar-refractivity contribution >= 4 is 26.8 Å². The molecule has 1 aromatic heterocycles. The quantitative estimate of drug-likeness (QED) is 0.880. The molecule has 0 aliphatic carbocycles. The van der Waals surface area contributed by atoms with Gasteiger partial charge in [0.2, 0.25) is 10.0 Å². The van der Waals surface area contributed by atoms with Crippen molar-refractivity contribution in [3.63, 3.8) is 0 Å². The molecule has 1 fully saturated rings. The number of hydrogen-bond donors (Lipinski definition) is 2. The predicted octanol–water partition coefficient (Wildman–Crippen LogP) is 1.85. The highest BCUT2D eigenvalue weighted by molar-refractivity contribution is 7.89. The summed E-state index contributed by atoms with van der Waals surface area (Å²) in [5.41, 5.74) is 1.07. The van der Waals surface area contributed by atoms with Crippen molar-refractivity contribution in [2.24, 2.45) is 0 Å². The van der Waals surface area contributed by atoms with Crippen LogP contribution in [0.15, 0.2) is 24.3 Å². The molecule has 0 atom stereocenters. The SMILES string of the molecule is CCS(=O)(=O)N1CCC(NC(=O)c2cc3cc(F)ccc3[nH]2)CC1. The largest absolute Gasteiger partial charge is 0.351 e. The molecule has 1 amide bonds. The molecule has 0 bridgehead atoms. The first-order valence-electron chi connectivity index (χ1n) is 7.96. The van der Waals surface area contributed by atoms with Crippen LogP contribution in [0.3, 0.4) is 0 Å². The molecule has 130 valence electrons. The summed E-state index contributed by atoms with van der Waals surface area (Å²) in [4.78, 5) is 15.3. The minimum absolute atomic E-state index is 0.0658. The van der Waals surface area contributed by atoms with E-state index >= 15 is 0 Å². The Labute approximate surface area is 140 Å². The Morgan fingerprint density at radius 2 is 2.04 bits per heavy atom. The monoisotopic (exact) mass is 353 g/mol. The Morgan fingerprint density at radius 1 is 1.33 bits per heavy atom. The van der Waals surface area contributed by atoms with E-state index in [1.807, 2.05) is 0 Å². The third-order valence-corrected chi connectivity index (χ3v) is 6.26. The Hall–Kier alpha value is -1.93. The average Bonchev–Trinajstić information content (AvgIpc) is 2.98. The van der Waals surface area contributed by atoms with Crippen molar-refractivity contribution in [2.45, 2.75) is 25.8 Å². The maximum Gasteiger partial charge on any atom is 0.267 e. The van der Waals surface area contributed by atoms with E-state index in [2.05, 4.69) is 10.3 Å². The summed E-state index contributed by atoms with van der Waals surface area (Å²) < 4.78 is 38.4. The van der Waals surface area contributed by atoms with E-state index < -0.39 is 10.0 Å². The fourth-order valence-electron chi connectivity index (χ4n) is 2.95. The standard InChI is InChI=1S/C16H20FN3O3S/c1-2-24(22,23)20-7-5-13(6-8-20)18-16(21)15-10-11-9-12(17)3-4-14(11)19-15/h3-4,9-10,13,19H,2,5-8H2,1H3,(H,18,21). The van der Waals surface area contributed by atoms with Crippen molar-refractivity contribution in [1.29, 1.82) is 0 Å². The second-order valence-electron chi connectivity index (χ2n) is 5.96. The van der Waals surface area contributed by atoms with E-state index in [9.17, 15) is 17.6 Å². The molecule has 2 aromatic rings. The fourth-order valence-corrected chi connectivity index (χ4v) is 4.08. The second-order valence-corrected chi connectivity index (χ2v) is 8.22. The van der Waals surface area contributed by atoms with Crippen molar-refractivity contribution in [3.05, 3.63) is 35.8 Å². The van der Waals surface area contributed by atoms with E-state index in [0.29, 0.717) is 42.5 Å². The molecule has 0 saturated carbocycles. The zero-order chi connectivity index (χ0) is 17.3. The number of nitrogens with one attached hydrogen (secondary N) is 2. The number of aromatic nitrogens is 1. The summed E-state index contributed by atoms with van der Waals surface area (Å²) in [5, 5.41) is 3.56. The van der Waals surface area contributed by atoms with Crippen LogP contribution >= 0.6 is 0 Å². The summed E-state index contributed by atoms with van der Waals surface area (Å²) in [6.45, 7) is 2.46. The Morgan fingerprint density at radius 3 is 2.71 bits per heavy atom. The third kappa shape index (κ3) is 3.44. The highest BCUT2D eigenvalue weighted by Gasteiger charge is 2.27. The molecule has 1 aliphatic heterocycles. The van der Waals surface area contributed by atoms with Gasteiger partial charge in [-0.05, 0) is 44.0 Å². The summed E-state index contributed by atoms with van der Waals surface area (Å²) >= 11 is 0. The molecule has 2 N–H and O–H groups in total. The highest BCUT2D eigenvalue weighted by Crippen LogP contribution is 2.18. The van der Waals surface area contributed by atoms with Crippen LogP contribution in [0.4, 0.5) is 4.39 Å². The van der Waals surface area contributed by atoms with Gasteiger partial charge < -0.3 is 10.3 Å². The van der Waals surface area contributed by atoms with Gasteiger partial charge in [-0.15, -0.1) is 0 Å². The maximum atomic E-state index is 13.2. The minimum atomic E-state index is -3.17. The molecule has 3 rings (SSSR count). The Balaban J connectivity index is 1.63. The van der Waals surface area contributed by atoms with Gasteiger partial charge in [0.15, 0.2) is 0 Å². The first-order chi connectivity index (χ1) is 11.4. The van der Waals surface area contributed by atoms with Crippen LogP contribution in [0.1, 0.15) is 30.3 Å². The van der Waals surface area contributed by atoms with Gasteiger partial charge in [0.25, 0.3) is 5.91 Å². The van der Waals surface area contributed by atoms with Gasteiger partial charge in [-0.3, -0.25) is 4.79 Å². The molecular formula is C16H20FN3O3S. The number of benzene rings is 1. The molecule has 24 heavy (non-hydrogen) atoms. The van der Waals surface area contributed by atoms with E-state index in [1.54, 1.807) is 19.1 Å². The molecule has 0 spiro atoms. The maximum absolute atomic E-state index is 13.2. The average molecular weight is 353 g/mol. The number of H-pyrrole nitrogens is 1. The number of carbonyl (C=O) groups is 1. The summed E-state index contributed by atoms with van der Waals surface area (Å²) in [7, 11) is -3.17. The first kappa shape index (κ1) is 16.9. The topological polar surface area (TPSA) is 82.3 Å². The number of rotatable bonds is 4. The number of halogens is 1. The number of aromatic amines is 1. The predicted molar refractivity (Wildman–Crippen MR) is 89.8 cm³/mol. The molecule has 2 heterocycles. The molecule has 0 unspecified atom stereocenters. The van der Waals surface area contributed by atoms with Gasteiger partial charge in [0.05, 0.1) is 5.75 Å². The van der Waals surface area contributed by atoms with Gasteiger partial charge in [0.1, 0.15) is 11.5 Å². The molecule has 0 radical (unpaired) electrons. The highest BCUT2D eigenvalue weighted by atomic mass is 32.2. The fraction of sp³-hybridized carbons (Fsp3) is 0.438. The minimum Gasteiger partial charge on any atom is -0.351 e. The van der Waals surface area contributed by atoms with Gasteiger partial charge >= 0.3 is 0 Å². The number of amides is 1. The molecular weight excluding hydrogens is 333 g/mol. The van der Waals surface area contributed by atoms with Crippen molar-refractivity contribution in [1.82, 2.24) is 14.6 Å². The van der Waals surface area contributed by atoms with Crippen LogP contribution in [0, 0.1) is 5.82 Å². The number of hydrogen-bond acceptors (Lipinski definition) is 3. The smallest absolute Gasteiger partial charge is 0.267 e. The van der Waals surface area contributed by atoms with Crippen LogP contribution in [0.5, 0.6) is 0 Å². The number of fused-ring (bicyclic) bond motifs is 1. The molecule has 1 aliphatic rings. The van der Waals surface area contributed by atoms with Crippen LogP contribution in [0.2, 0.25) is 0 Å². The van der Waals surface area contributed by atoms with Crippen LogP contribution < -0.4 is 5.32 Å². The number of piperidine rings is 1. The summed E-state index contributed by atoms with van der Waals surface area (Å²) in [5.74, 6) is -0.517. The van der Waals surface area contributed by atoms with Gasteiger partial charge in [0, 0.05) is 30.0 Å². The summed E-state index contributed by atoms with van der Waals surface area (Å²) in [6, 6.07) is 5.85. The molecule has 1 saturated heterocycles. The van der Waals surface area contributed by atoms with E-state index in [4.69, 9.17) is 0 Å². The van der Waals surface area contributed by atoms with Crippen molar-refractivity contribution in [3.8, 4) is 0 Å². The third-order valence-electron chi connectivity index (χ3n) is 4.37. The zero-order valence-electron chi connectivity index (χ0n) is 13.4. The number of sulfonamides is 1. The Bertz CT molecular complexity index is 855. The molecule has 6 nitrogen and oxygen atoms in total. The first-order valence-corrected chi connectivity index (χ1v) is 9.57. The molecule has 1 aromatic carbocycles. The molecule has 8 heteroatoms. The number of nitrogens with zero attached hydrogens (tertiary/aromatic N) is 1. The lowest BCUT2D eigenvalue weighted by Gasteiger charge is -2.31. The lowest BCUT2D eigenvalue weighted by molar-refractivity contribution is 0.0919. The van der Waals surface area contributed by atoms with Crippen molar-refractivity contribution < 1.29 is 17.6 Å².